The molecule has 0 heterocycles. The van der Waals surface area contributed by atoms with Gasteiger partial charge in [-0.05, 0) is 42.1 Å². The number of rotatable bonds is 8. The molecule has 1 atom stereocenters. The monoisotopic (exact) mass is 478 g/mol. The molecule has 0 saturated carbocycles. The van der Waals surface area contributed by atoms with Gasteiger partial charge < -0.3 is 14.6 Å². The molecule has 0 unspecified atom stereocenters. The fraction of sp³-hybridized carbons (Fsp3) is 0.269. The summed E-state index contributed by atoms with van der Waals surface area (Å²) >= 11 is 3.92. The van der Waals surface area contributed by atoms with E-state index in [4.69, 9.17) is 14.7 Å². The number of nitrogens with one attached hydrogen (secondary N) is 1. The lowest BCUT2D eigenvalue weighted by molar-refractivity contribution is -0.141. The molecule has 0 bridgehead atoms. The average Bonchev–Trinajstić information content (AvgIpc) is 2.83. The molecule has 34 heavy (non-hydrogen) atoms. The van der Waals surface area contributed by atoms with Gasteiger partial charge in [0.2, 0.25) is 0 Å². The third-order valence-electron chi connectivity index (χ3n) is 5.55. The number of esters is 1. The first-order chi connectivity index (χ1) is 16.2. The molecule has 0 saturated heterocycles. The van der Waals surface area contributed by atoms with Gasteiger partial charge in [-0.1, -0.05) is 44.2 Å². The third-order valence-corrected chi connectivity index (χ3v) is 5.81. The smallest absolute Gasteiger partial charge is 0.412 e. The van der Waals surface area contributed by atoms with Gasteiger partial charge in [0.1, 0.15) is 11.9 Å². The molecule has 3 aromatic carbocycles. The second-order valence-electron chi connectivity index (χ2n) is 8.44. The highest BCUT2D eigenvalue weighted by molar-refractivity contribution is 7.81. The number of phenols is 1. The third kappa shape index (κ3) is 6.00. The van der Waals surface area contributed by atoms with Gasteiger partial charge >= 0.3 is 12.1 Å². The van der Waals surface area contributed by atoms with Gasteiger partial charge in [0, 0.05) is 22.1 Å². The van der Waals surface area contributed by atoms with Crippen LogP contribution in [0.2, 0.25) is 0 Å². The Labute approximate surface area is 203 Å². The maximum absolute atomic E-state index is 12.9. The Morgan fingerprint density at radius 1 is 1.09 bits per heavy atom. The molecule has 3 rings (SSSR count). The maximum Gasteiger partial charge on any atom is 0.412 e. The topological polar surface area (TPSA) is 109 Å². The Morgan fingerprint density at radius 2 is 1.76 bits per heavy atom. The van der Waals surface area contributed by atoms with Crippen molar-refractivity contribution < 1.29 is 24.2 Å². The first kappa shape index (κ1) is 24.9. The van der Waals surface area contributed by atoms with E-state index in [0.717, 1.165) is 5.39 Å². The standard InChI is InChI=1S/C26H26N2O5S/c1-26(2,13-14-32-23(30)16-34)24(21-11-12-22(29)20-6-4-3-5-19(20)21)33-25(31)28-18-9-7-17(15-27)8-10-18/h3-12,24,29,34H,13-14,16H2,1-2H3,(H,28,31)/t24-/m1/s1. The summed E-state index contributed by atoms with van der Waals surface area (Å²) in [5.41, 5.74) is 1.04. The van der Waals surface area contributed by atoms with E-state index in [0.29, 0.717) is 28.6 Å². The molecule has 8 heteroatoms. The van der Waals surface area contributed by atoms with Crippen LogP contribution in [0.25, 0.3) is 10.8 Å². The lowest BCUT2D eigenvalue weighted by atomic mass is 9.78. The molecule has 0 aliphatic heterocycles. The second kappa shape index (κ2) is 10.9. The number of fused-ring (bicyclic) bond motifs is 1. The van der Waals surface area contributed by atoms with E-state index in [1.54, 1.807) is 42.5 Å². The number of amides is 1. The van der Waals surface area contributed by atoms with Crippen LogP contribution in [0.15, 0.2) is 60.7 Å². The minimum Gasteiger partial charge on any atom is -0.507 e. The highest BCUT2D eigenvalue weighted by Crippen LogP contribution is 2.43. The van der Waals surface area contributed by atoms with Gasteiger partial charge in [0.25, 0.3) is 0 Å². The number of aromatic hydroxyl groups is 1. The zero-order chi connectivity index (χ0) is 24.7. The van der Waals surface area contributed by atoms with E-state index < -0.39 is 23.6 Å². The Bertz CT molecular complexity index is 1220. The summed E-state index contributed by atoms with van der Waals surface area (Å²) in [6, 6.07) is 19.1. The van der Waals surface area contributed by atoms with E-state index in [9.17, 15) is 14.7 Å². The Morgan fingerprint density at radius 3 is 2.41 bits per heavy atom. The molecule has 7 nitrogen and oxygen atoms in total. The Hall–Kier alpha value is -3.70. The molecule has 176 valence electrons. The van der Waals surface area contributed by atoms with Crippen molar-refractivity contribution in [3.63, 3.8) is 0 Å². The van der Waals surface area contributed by atoms with Gasteiger partial charge in [-0.3, -0.25) is 10.1 Å². The largest absolute Gasteiger partial charge is 0.507 e. The van der Waals surface area contributed by atoms with Crippen LogP contribution < -0.4 is 5.32 Å². The predicted molar refractivity (Wildman–Crippen MR) is 133 cm³/mol. The van der Waals surface area contributed by atoms with Crippen LogP contribution in [0.1, 0.15) is 37.5 Å². The van der Waals surface area contributed by atoms with E-state index in [1.165, 1.54) is 0 Å². The summed E-state index contributed by atoms with van der Waals surface area (Å²) in [7, 11) is 0. The van der Waals surface area contributed by atoms with E-state index in [2.05, 4.69) is 17.9 Å². The molecule has 2 N–H and O–H groups in total. The predicted octanol–water partition coefficient (Wildman–Crippen LogP) is 5.60. The zero-order valence-electron chi connectivity index (χ0n) is 18.9. The minimum absolute atomic E-state index is 0.0179. The molecule has 3 aromatic rings. The lowest BCUT2D eigenvalue weighted by Gasteiger charge is -2.34. The van der Waals surface area contributed by atoms with Crippen molar-refractivity contribution in [1.82, 2.24) is 0 Å². The molecule has 0 aromatic heterocycles. The summed E-state index contributed by atoms with van der Waals surface area (Å²) in [5.74, 6) is -0.318. The minimum atomic E-state index is -0.730. The quantitative estimate of drug-likeness (QED) is 0.287. The summed E-state index contributed by atoms with van der Waals surface area (Å²) in [6.45, 7) is 3.98. The van der Waals surface area contributed by atoms with E-state index >= 15 is 0 Å². The van der Waals surface area contributed by atoms with Crippen molar-refractivity contribution >= 4 is 41.2 Å². The highest BCUT2D eigenvalue weighted by atomic mass is 32.1. The average molecular weight is 479 g/mol. The summed E-state index contributed by atoms with van der Waals surface area (Å²) in [5, 5.41) is 23.4. The van der Waals surface area contributed by atoms with Crippen LogP contribution in [0.4, 0.5) is 10.5 Å². The fourth-order valence-electron chi connectivity index (χ4n) is 3.67. The van der Waals surface area contributed by atoms with Gasteiger partial charge in [0.15, 0.2) is 0 Å². The molecule has 0 spiro atoms. The SMILES string of the molecule is CC(C)(CCOC(=O)CS)[C@H](OC(=O)Nc1ccc(C#N)cc1)c1ccc(O)c2ccccc12. The van der Waals surface area contributed by atoms with Crippen LogP contribution in [-0.4, -0.2) is 29.5 Å². The second-order valence-corrected chi connectivity index (χ2v) is 8.75. The molecule has 1 amide bonds. The van der Waals surface area contributed by atoms with Crippen LogP contribution in [0, 0.1) is 16.7 Å². The molecule has 0 aliphatic rings. The van der Waals surface area contributed by atoms with Crippen molar-refractivity contribution in [2.24, 2.45) is 5.41 Å². The van der Waals surface area contributed by atoms with Crippen molar-refractivity contribution in [1.29, 1.82) is 5.26 Å². The highest BCUT2D eigenvalue weighted by Gasteiger charge is 2.36. The van der Waals surface area contributed by atoms with Gasteiger partial charge in [0.05, 0.1) is 24.0 Å². The van der Waals surface area contributed by atoms with Crippen LogP contribution in [0.5, 0.6) is 5.75 Å². The zero-order valence-corrected chi connectivity index (χ0v) is 19.8. The van der Waals surface area contributed by atoms with Crippen molar-refractivity contribution in [3.8, 4) is 11.8 Å². The number of ether oxygens (including phenoxy) is 2. The van der Waals surface area contributed by atoms with Gasteiger partial charge in [-0.2, -0.15) is 17.9 Å². The Kier molecular flexibility index (Phi) is 8.03. The number of anilines is 1. The number of nitriles is 1. The number of nitrogens with zero attached hydrogens (tertiary/aromatic N) is 1. The lowest BCUT2D eigenvalue weighted by Crippen LogP contribution is -2.30. The number of phenolic OH excluding ortho intramolecular Hbond substituents is 1. The van der Waals surface area contributed by atoms with Crippen LogP contribution in [-0.2, 0) is 14.3 Å². The van der Waals surface area contributed by atoms with Gasteiger partial charge in [-0.25, -0.2) is 4.79 Å². The summed E-state index contributed by atoms with van der Waals surface area (Å²) in [6.07, 6.45) is -0.991. The van der Waals surface area contributed by atoms with E-state index in [-0.39, 0.29) is 18.1 Å². The van der Waals surface area contributed by atoms with E-state index in [1.807, 2.05) is 38.1 Å². The summed E-state index contributed by atoms with van der Waals surface area (Å²) in [4.78, 5) is 24.4. The van der Waals surface area contributed by atoms with Crippen molar-refractivity contribution in [3.05, 3.63) is 71.8 Å². The number of hydrogen-bond donors (Lipinski definition) is 3. The van der Waals surface area contributed by atoms with Crippen LogP contribution in [0.3, 0.4) is 0 Å². The first-order valence-electron chi connectivity index (χ1n) is 10.7. The molecule has 0 aliphatic carbocycles. The number of carbonyl (C=O) groups excluding carboxylic acids is 2. The number of hydrogen-bond acceptors (Lipinski definition) is 7. The molecular weight excluding hydrogens is 452 g/mol. The molecule has 0 fully saturated rings. The Balaban J connectivity index is 1.92. The van der Waals surface area contributed by atoms with Crippen molar-refractivity contribution in [2.45, 2.75) is 26.4 Å². The normalized spacial score (nSPS) is 11.9. The summed E-state index contributed by atoms with van der Waals surface area (Å²) < 4.78 is 11.1. The maximum atomic E-state index is 12.9. The number of thiol groups is 1. The van der Waals surface area contributed by atoms with Gasteiger partial charge in [-0.15, -0.1) is 0 Å². The fourth-order valence-corrected chi connectivity index (χ4v) is 3.76. The number of carbonyl (C=O) groups is 2. The van der Waals surface area contributed by atoms with Crippen LogP contribution >= 0.6 is 12.6 Å². The molecular formula is C26H26N2O5S. The van der Waals surface area contributed by atoms with Crippen molar-refractivity contribution in [2.75, 3.05) is 17.7 Å². The molecule has 0 radical (unpaired) electrons. The first-order valence-corrected chi connectivity index (χ1v) is 11.3. The number of benzene rings is 3.